The molecule has 2 N–H and O–H groups in total. The second-order valence-corrected chi connectivity index (χ2v) is 5.66. The van der Waals surface area contributed by atoms with E-state index in [0.29, 0.717) is 18.8 Å². The third-order valence-corrected chi connectivity index (χ3v) is 3.72. The molecule has 1 aromatic carbocycles. The Balaban J connectivity index is 3.29. The van der Waals surface area contributed by atoms with Gasteiger partial charge in [-0.05, 0) is 31.0 Å². The first kappa shape index (κ1) is 13.0. The van der Waals surface area contributed by atoms with Gasteiger partial charge in [0.25, 0.3) is 0 Å². The molecular weight excluding hydrogens is 224 g/mol. The number of hydrogen-bond acceptors (Lipinski definition) is 3. The van der Waals surface area contributed by atoms with Crippen molar-refractivity contribution in [1.82, 2.24) is 0 Å². The molecule has 0 bridgehead atoms. The Kier molecular flexibility index (Phi) is 3.93. The second kappa shape index (κ2) is 4.84. The summed E-state index contributed by atoms with van der Waals surface area (Å²) in [6.45, 7) is 4.54. The van der Waals surface area contributed by atoms with Crippen LogP contribution in [0, 0.1) is 6.92 Å². The van der Waals surface area contributed by atoms with E-state index in [2.05, 4.69) is 0 Å². The van der Waals surface area contributed by atoms with Crippen molar-refractivity contribution in [2.45, 2.75) is 20.4 Å². The molecule has 0 saturated carbocycles. The fourth-order valence-electron chi connectivity index (χ4n) is 1.63. The van der Waals surface area contributed by atoms with Gasteiger partial charge in [-0.1, -0.05) is 12.1 Å². The first-order valence-corrected chi connectivity index (χ1v) is 7.02. The molecule has 0 amide bonds. The summed E-state index contributed by atoms with van der Waals surface area (Å²) < 4.78 is 24.6. The summed E-state index contributed by atoms with van der Waals surface area (Å²) in [6.07, 6.45) is 1.21. The average molecular weight is 242 g/mol. The quantitative estimate of drug-likeness (QED) is 0.864. The largest absolute Gasteiger partial charge is 0.326 e. The molecule has 90 valence electrons. The molecule has 5 heteroatoms. The number of nitrogens with zero attached hydrogens (tertiary/aromatic N) is 1. The van der Waals surface area contributed by atoms with E-state index in [4.69, 9.17) is 5.73 Å². The van der Waals surface area contributed by atoms with Crippen LogP contribution in [0.5, 0.6) is 0 Å². The van der Waals surface area contributed by atoms with E-state index in [9.17, 15) is 8.42 Å². The minimum absolute atomic E-state index is 0.411. The van der Waals surface area contributed by atoms with Gasteiger partial charge < -0.3 is 5.73 Å². The van der Waals surface area contributed by atoms with Gasteiger partial charge in [0.15, 0.2) is 0 Å². The number of hydrogen-bond donors (Lipinski definition) is 1. The van der Waals surface area contributed by atoms with Gasteiger partial charge in [-0.25, -0.2) is 8.42 Å². The Hall–Kier alpha value is -1.07. The van der Waals surface area contributed by atoms with Crippen molar-refractivity contribution in [1.29, 1.82) is 0 Å². The molecule has 0 saturated heterocycles. The lowest BCUT2D eigenvalue weighted by Crippen LogP contribution is -2.30. The number of sulfonamides is 1. The van der Waals surface area contributed by atoms with Crippen LogP contribution in [0.15, 0.2) is 18.2 Å². The Morgan fingerprint density at radius 3 is 2.44 bits per heavy atom. The van der Waals surface area contributed by atoms with Crippen LogP contribution in [0.25, 0.3) is 0 Å². The van der Waals surface area contributed by atoms with Gasteiger partial charge in [-0.2, -0.15) is 0 Å². The van der Waals surface area contributed by atoms with E-state index in [1.807, 2.05) is 32.0 Å². The van der Waals surface area contributed by atoms with E-state index in [1.165, 1.54) is 10.6 Å². The standard InChI is InChI=1S/C11H18N2O2S/c1-4-13(16(3,14)15)11-7-10(8-12)6-5-9(11)2/h5-7H,4,8,12H2,1-3H3. The second-order valence-electron chi connectivity index (χ2n) is 3.75. The molecule has 0 aliphatic carbocycles. The summed E-state index contributed by atoms with van der Waals surface area (Å²) >= 11 is 0. The summed E-state index contributed by atoms with van der Waals surface area (Å²) in [6, 6.07) is 5.64. The zero-order chi connectivity index (χ0) is 12.3. The van der Waals surface area contributed by atoms with Gasteiger partial charge in [-0.3, -0.25) is 4.31 Å². The number of anilines is 1. The topological polar surface area (TPSA) is 63.4 Å². The molecule has 0 spiro atoms. The third kappa shape index (κ3) is 2.74. The summed E-state index contributed by atoms with van der Waals surface area (Å²) in [5, 5.41) is 0. The van der Waals surface area contributed by atoms with E-state index < -0.39 is 10.0 Å². The molecule has 0 heterocycles. The van der Waals surface area contributed by atoms with Gasteiger partial charge in [0.05, 0.1) is 11.9 Å². The SMILES string of the molecule is CCN(c1cc(CN)ccc1C)S(C)(=O)=O. The molecule has 16 heavy (non-hydrogen) atoms. The normalized spacial score (nSPS) is 11.5. The Morgan fingerprint density at radius 2 is 2.00 bits per heavy atom. The van der Waals surface area contributed by atoms with Crippen LogP contribution in [0.3, 0.4) is 0 Å². The molecule has 0 aliphatic heterocycles. The van der Waals surface area contributed by atoms with E-state index in [0.717, 1.165) is 11.1 Å². The lowest BCUT2D eigenvalue weighted by atomic mass is 10.1. The maximum Gasteiger partial charge on any atom is 0.232 e. The van der Waals surface area contributed by atoms with E-state index in [1.54, 1.807) is 0 Å². The molecule has 1 rings (SSSR count). The van der Waals surface area contributed by atoms with Gasteiger partial charge in [-0.15, -0.1) is 0 Å². The molecule has 0 aromatic heterocycles. The van der Waals surface area contributed by atoms with Gasteiger partial charge in [0.2, 0.25) is 10.0 Å². The lowest BCUT2D eigenvalue weighted by Gasteiger charge is -2.23. The molecule has 1 aromatic rings. The van der Waals surface area contributed by atoms with Crippen LogP contribution in [-0.2, 0) is 16.6 Å². The van der Waals surface area contributed by atoms with Crippen molar-refractivity contribution < 1.29 is 8.42 Å². The van der Waals surface area contributed by atoms with Gasteiger partial charge >= 0.3 is 0 Å². The third-order valence-electron chi connectivity index (χ3n) is 2.47. The minimum atomic E-state index is -3.22. The number of nitrogens with two attached hydrogens (primary N) is 1. The highest BCUT2D eigenvalue weighted by Gasteiger charge is 2.17. The first-order chi connectivity index (χ1) is 7.40. The van der Waals surface area contributed by atoms with Crippen molar-refractivity contribution in [3.05, 3.63) is 29.3 Å². The Morgan fingerprint density at radius 1 is 1.38 bits per heavy atom. The zero-order valence-electron chi connectivity index (χ0n) is 9.90. The molecule has 0 fully saturated rings. The predicted octanol–water partition coefficient (Wildman–Crippen LogP) is 1.24. The predicted molar refractivity (Wildman–Crippen MR) is 66.9 cm³/mol. The van der Waals surface area contributed by atoms with Crippen LogP contribution >= 0.6 is 0 Å². The van der Waals surface area contributed by atoms with Crippen molar-refractivity contribution in [2.24, 2.45) is 5.73 Å². The van der Waals surface area contributed by atoms with Crippen LogP contribution in [0.4, 0.5) is 5.69 Å². The van der Waals surface area contributed by atoms with Crippen LogP contribution in [0.2, 0.25) is 0 Å². The number of aryl methyl sites for hydroxylation is 1. The minimum Gasteiger partial charge on any atom is -0.326 e. The highest BCUT2D eigenvalue weighted by molar-refractivity contribution is 7.92. The van der Waals surface area contributed by atoms with Crippen molar-refractivity contribution in [3.8, 4) is 0 Å². The number of benzene rings is 1. The molecule has 0 unspecified atom stereocenters. The van der Waals surface area contributed by atoms with E-state index >= 15 is 0 Å². The molecular formula is C11H18N2O2S. The fraction of sp³-hybridized carbons (Fsp3) is 0.455. The van der Waals surface area contributed by atoms with Crippen LogP contribution < -0.4 is 10.0 Å². The molecule has 0 radical (unpaired) electrons. The summed E-state index contributed by atoms with van der Waals surface area (Å²) in [5.41, 5.74) is 8.13. The van der Waals surface area contributed by atoms with Crippen molar-refractivity contribution in [2.75, 3.05) is 17.1 Å². The molecule has 0 atom stereocenters. The smallest absolute Gasteiger partial charge is 0.232 e. The van der Waals surface area contributed by atoms with Crippen molar-refractivity contribution in [3.63, 3.8) is 0 Å². The fourth-order valence-corrected chi connectivity index (χ4v) is 2.66. The van der Waals surface area contributed by atoms with Crippen LogP contribution in [0.1, 0.15) is 18.1 Å². The zero-order valence-corrected chi connectivity index (χ0v) is 10.7. The maximum absolute atomic E-state index is 11.6. The Labute approximate surface area is 97.1 Å². The maximum atomic E-state index is 11.6. The highest BCUT2D eigenvalue weighted by atomic mass is 32.2. The molecule has 4 nitrogen and oxygen atoms in total. The molecule has 0 aliphatic rings. The first-order valence-electron chi connectivity index (χ1n) is 5.17. The average Bonchev–Trinajstić information content (AvgIpc) is 2.20. The highest BCUT2D eigenvalue weighted by Crippen LogP contribution is 2.23. The summed E-state index contributed by atoms with van der Waals surface area (Å²) in [5.74, 6) is 0. The number of rotatable bonds is 4. The lowest BCUT2D eigenvalue weighted by molar-refractivity contribution is 0.597. The monoisotopic (exact) mass is 242 g/mol. The van der Waals surface area contributed by atoms with Crippen LogP contribution in [-0.4, -0.2) is 21.2 Å². The summed E-state index contributed by atoms with van der Waals surface area (Å²) in [7, 11) is -3.22. The Bertz CT molecular complexity index is 469. The van der Waals surface area contributed by atoms with Gasteiger partial charge in [0.1, 0.15) is 0 Å². The summed E-state index contributed by atoms with van der Waals surface area (Å²) in [4.78, 5) is 0. The van der Waals surface area contributed by atoms with Crippen molar-refractivity contribution >= 4 is 15.7 Å². The van der Waals surface area contributed by atoms with Gasteiger partial charge in [0, 0.05) is 13.1 Å². The van der Waals surface area contributed by atoms with E-state index in [-0.39, 0.29) is 0 Å².